The Kier molecular flexibility index (Phi) is 3.57. The summed E-state index contributed by atoms with van der Waals surface area (Å²) in [5, 5.41) is 0. The number of benzene rings is 1. The topological polar surface area (TPSA) is 20.3 Å². The van der Waals surface area contributed by atoms with E-state index in [9.17, 15) is 4.79 Å². The van der Waals surface area contributed by atoms with Gasteiger partial charge in [-0.3, -0.25) is 4.79 Å². The maximum atomic E-state index is 11.9. The van der Waals surface area contributed by atoms with Gasteiger partial charge in [-0.1, -0.05) is 29.8 Å². The van der Waals surface area contributed by atoms with Crippen molar-refractivity contribution in [3.63, 3.8) is 0 Å². The Hall–Kier alpha value is -0.830. The second kappa shape index (κ2) is 4.81. The molecule has 0 aromatic heterocycles. The third-order valence-electron chi connectivity index (χ3n) is 3.59. The molecule has 1 aromatic rings. The van der Waals surface area contributed by atoms with Crippen LogP contribution in [0.4, 0.5) is 5.69 Å². The molecule has 1 aromatic carbocycles. The summed E-state index contributed by atoms with van der Waals surface area (Å²) in [5.74, 6) is 0.665. The van der Waals surface area contributed by atoms with Crippen molar-refractivity contribution < 1.29 is 4.79 Å². The zero-order valence-corrected chi connectivity index (χ0v) is 12.1. The third-order valence-corrected chi connectivity index (χ3v) is 4.08. The number of halogens is 1. The summed E-state index contributed by atoms with van der Waals surface area (Å²) in [6, 6.07) is 6.53. The minimum atomic E-state index is 0.145. The lowest BCUT2D eigenvalue weighted by atomic mass is 9.85. The number of anilines is 1. The number of amides is 1. The zero-order valence-electron chi connectivity index (χ0n) is 10.5. The van der Waals surface area contributed by atoms with E-state index < -0.39 is 0 Å². The number of hydrogen-bond donors (Lipinski definition) is 0. The summed E-state index contributed by atoms with van der Waals surface area (Å²) in [6.07, 6.45) is 2.06. The first-order valence-electron chi connectivity index (χ1n) is 6.12. The smallest absolute Gasteiger partial charge is 0.224 e. The Morgan fingerprint density at radius 2 is 2.24 bits per heavy atom. The minimum absolute atomic E-state index is 0.145. The van der Waals surface area contributed by atoms with Gasteiger partial charge in [0.05, 0.1) is 0 Å². The molecule has 0 spiro atoms. The molecule has 0 N–H and O–H groups in total. The molecule has 0 fully saturated rings. The van der Waals surface area contributed by atoms with Crippen molar-refractivity contribution in [3.05, 3.63) is 28.2 Å². The van der Waals surface area contributed by atoms with E-state index in [0.717, 1.165) is 23.0 Å². The Balaban J connectivity index is 2.51. The molecule has 17 heavy (non-hydrogen) atoms. The molecule has 92 valence electrons. The zero-order chi connectivity index (χ0) is 12.6. The molecule has 3 heteroatoms. The van der Waals surface area contributed by atoms with Gasteiger partial charge in [-0.2, -0.15) is 0 Å². The highest BCUT2D eigenvalue weighted by Gasteiger charge is 2.32. The normalized spacial score (nSPS) is 23.4. The highest BCUT2D eigenvalue weighted by Crippen LogP contribution is 2.36. The predicted octanol–water partition coefficient (Wildman–Crippen LogP) is 3.77. The van der Waals surface area contributed by atoms with Gasteiger partial charge in [-0.25, -0.2) is 0 Å². The highest BCUT2D eigenvalue weighted by atomic mass is 79.9. The van der Waals surface area contributed by atoms with Crippen LogP contribution in [0.25, 0.3) is 0 Å². The van der Waals surface area contributed by atoms with Crippen LogP contribution in [0, 0.1) is 5.92 Å². The Morgan fingerprint density at radius 1 is 1.53 bits per heavy atom. The predicted molar refractivity (Wildman–Crippen MR) is 74.2 cm³/mol. The Bertz CT molecular complexity index is 444. The lowest BCUT2D eigenvalue weighted by Crippen LogP contribution is -2.46. The molecule has 0 saturated heterocycles. The lowest BCUT2D eigenvalue weighted by molar-refractivity contribution is -0.117. The van der Waals surface area contributed by atoms with Gasteiger partial charge in [0.2, 0.25) is 5.91 Å². The molecule has 0 radical (unpaired) electrons. The van der Waals surface area contributed by atoms with Crippen LogP contribution >= 0.6 is 15.9 Å². The molecule has 0 saturated carbocycles. The fourth-order valence-corrected chi connectivity index (χ4v) is 3.27. The van der Waals surface area contributed by atoms with Crippen molar-refractivity contribution in [3.8, 4) is 0 Å². The Morgan fingerprint density at radius 3 is 2.82 bits per heavy atom. The van der Waals surface area contributed by atoms with Gasteiger partial charge in [0.25, 0.3) is 0 Å². The summed E-state index contributed by atoms with van der Waals surface area (Å²) < 4.78 is 1.09. The summed E-state index contributed by atoms with van der Waals surface area (Å²) >= 11 is 3.50. The number of rotatable bonds is 1. The number of nitrogens with zero attached hydrogens (tertiary/aromatic N) is 1. The van der Waals surface area contributed by atoms with E-state index in [1.807, 2.05) is 11.0 Å². The number of carbonyl (C=O) groups excluding carboxylic acids is 1. The summed E-state index contributed by atoms with van der Waals surface area (Å²) in [6.45, 7) is 6.04. The van der Waals surface area contributed by atoms with Gasteiger partial charge < -0.3 is 4.90 Å². The SMILES string of the molecule is CC[C@H]1[C@H](C)Cc2cc(Br)ccc2N1C(C)=O. The third kappa shape index (κ3) is 2.25. The first kappa shape index (κ1) is 12.6. The molecule has 1 heterocycles. The molecule has 1 aliphatic heterocycles. The second-order valence-corrected chi connectivity index (χ2v) is 5.73. The first-order valence-corrected chi connectivity index (χ1v) is 6.92. The maximum Gasteiger partial charge on any atom is 0.224 e. The van der Waals surface area contributed by atoms with Crippen LogP contribution in [0.3, 0.4) is 0 Å². The average Bonchev–Trinajstić information content (AvgIpc) is 2.26. The largest absolute Gasteiger partial charge is 0.309 e. The van der Waals surface area contributed by atoms with Gasteiger partial charge in [0, 0.05) is 23.1 Å². The summed E-state index contributed by atoms with van der Waals surface area (Å²) in [7, 11) is 0. The van der Waals surface area contributed by atoms with Crippen LogP contribution in [0.1, 0.15) is 32.8 Å². The molecule has 2 rings (SSSR count). The summed E-state index contributed by atoms with van der Waals surface area (Å²) in [4.78, 5) is 13.8. The quantitative estimate of drug-likeness (QED) is 0.772. The molecule has 2 atom stereocenters. The monoisotopic (exact) mass is 295 g/mol. The lowest BCUT2D eigenvalue weighted by Gasteiger charge is -2.40. The van der Waals surface area contributed by atoms with Gasteiger partial charge in [0.1, 0.15) is 0 Å². The van der Waals surface area contributed by atoms with E-state index in [2.05, 4.69) is 41.9 Å². The van der Waals surface area contributed by atoms with Crippen molar-refractivity contribution in [2.24, 2.45) is 5.92 Å². The second-order valence-electron chi connectivity index (χ2n) is 4.82. The van der Waals surface area contributed by atoms with Gasteiger partial charge >= 0.3 is 0 Å². The van der Waals surface area contributed by atoms with Gasteiger partial charge in [-0.05, 0) is 42.5 Å². The van der Waals surface area contributed by atoms with Crippen LogP contribution in [-0.2, 0) is 11.2 Å². The number of hydrogen-bond acceptors (Lipinski definition) is 1. The van der Waals surface area contributed by atoms with E-state index >= 15 is 0 Å². The van der Waals surface area contributed by atoms with Crippen LogP contribution in [0.5, 0.6) is 0 Å². The van der Waals surface area contributed by atoms with E-state index in [1.165, 1.54) is 5.56 Å². The standard InChI is InChI=1S/C14H18BrNO/c1-4-13-9(2)7-11-8-12(15)5-6-14(11)16(13)10(3)17/h5-6,8-9,13H,4,7H2,1-3H3/t9-,13+/m1/s1. The van der Waals surface area contributed by atoms with Gasteiger partial charge in [0.15, 0.2) is 0 Å². The van der Waals surface area contributed by atoms with Crippen LogP contribution in [0.2, 0.25) is 0 Å². The molecule has 0 unspecified atom stereocenters. The average molecular weight is 296 g/mol. The van der Waals surface area contributed by atoms with E-state index in [4.69, 9.17) is 0 Å². The fraction of sp³-hybridized carbons (Fsp3) is 0.500. The number of carbonyl (C=O) groups is 1. The van der Waals surface area contributed by atoms with Crippen molar-refractivity contribution in [2.75, 3.05) is 4.90 Å². The molecule has 2 nitrogen and oxygen atoms in total. The van der Waals surface area contributed by atoms with Crippen molar-refractivity contribution >= 4 is 27.5 Å². The van der Waals surface area contributed by atoms with Crippen LogP contribution < -0.4 is 4.90 Å². The van der Waals surface area contributed by atoms with Crippen molar-refractivity contribution in [1.29, 1.82) is 0 Å². The van der Waals surface area contributed by atoms with E-state index in [0.29, 0.717) is 12.0 Å². The van der Waals surface area contributed by atoms with Crippen molar-refractivity contribution in [2.45, 2.75) is 39.7 Å². The molecule has 1 aliphatic rings. The minimum Gasteiger partial charge on any atom is -0.309 e. The molecule has 1 amide bonds. The fourth-order valence-electron chi connectivity index (χ4n) is 2.86. The molecular weight excluding hydrogens is 278 g/mol. The highest BCUT2D eigenvalue weighted by molar-refractivity contribution is 9.10. The van der Waals surface area contributed by atoms with Crippen molar-refractivity contribution in [1.82, 2.24) is 0 Å². The molecule has 0 bridgehead atoms. The van der Waals surface area contributed by atoms with Crippen LogP contribution in [0.15, 0.2) is 22.7 Å². The number of fused-ring (bicyclic) bond motifs is 1. The van der Waals surface area contributed by atoms with Crippen LogP contribution in [-0.4, -0.2) is 11.9 Å². The maximum absolute atomic E-state index is 11.9. The summed E-state index contributed by atoms with van der Waals surface area (Å²) in [5.41, 5.74) is 2.36. The molecule has 0 aliphatic carbocycles. The van der Waals surface area contributed by atoms with E-state index in [-0.39, 0.29) is 5.91 Å². The van der Waals surface area contributed by atoms with E-state index in [1.54, 1.807) is 6.92 Å². The van der Waals surface area contributed by atoms with Gasteiger partial charge in [-0.15, -0.1) is 0 Å². The molecular formula is C14H18BrNO. The Labute approximate surface area is 111 Å². The first-order chi connectivity index (χ1) is 8.04.